The fraction of sp³-hybridized carbons (Fsp3) is 0. The molecule has 0 saturated carbocycles. The molecule has 1 aromatic carbocycles. The van der Waals surface area contributed by atoms with Crippen LogP contribution < -0.4 is 0 Å². The van der Waals surface area contributed by atoms with E-state index in [1.807, 2.05) is 6.07 Å². The standard InChI is InChI=1S/C11H5BrCl2N4S/c12-11-17-8(6-2-1-5(13)3-7(6)14)9(19-11)10-15-4-16-18-10/h1-4H,(H,15,16,18). The van der Waals surface area contributed by atoms with Gasteiger partial charge in [0, 0.05) is 10.6 Å². The Morgan fingerprint density at radius 3 is 2.79 bits per heavy atom. The van der Waals surface area contributed by atoms with E-state index >= 15 is 0 Å². The zero-order valence-electron chi connectivity index (χ0n) is 9.19. The van der Waals surface area contributed by atoms with Crippen LogP contribution in [0.4, 0.5) is 0 Å². The lowest BCUT2D eigenvalue weighted by molar-refractivity contribution is 1.10. The zero-order valence-corrected chi connectivity index (χ0v) is 13.1. The molecular weight excluding hydrogens is 371 g/mol. The van der Waals surface area contributed by atoms with Gasteiger partial charge in [0.25, 0.3) is 0 Å². The van der Waals surface area contributed by atoms with E-state index in [-0.39, 0.29) is 0 Å². The Bertz CT molecular complexity index is 726. The first-order valence-electron chi connectivity index (χ1n) is 5.12. The predicted octanol–water partition coefficient (Wildman–Crippen LogP) is 4.66. The highest BCUT2D eigenvalue weighted by Crippen LogP contribution is 2.40. The molecule has 19 heavy (non-hydrogen) atoms. The maximum absolute atomic E-state index is 6.23. The van der Waals surface area contributed by atoms with Crippen molar-refractivity contribution in [1.82, 2.24) is 20.2 Å². The molecule has 0 radical (unpaired) electrons. The first kappa shape index (κ1) is 13.1. The van der Waals surface area contributed by atoms with Gasteiger partial charge in [-0.3, -0.25) is 5.10 Å². The highest BCUT2D eigenvalue weighted by Gasteiger charge is 2.18. The van der Waals surface area contributed by atoms with Crippen molar-refractivity contribution in [3.8, 4) is 22.0 Å². The van der Waals surface area contributed by atoms with E-state index in [0.717, 1.165) is 20.1 Å². The number of aromatic nitrogens is 4. The van der Waals surface area contributed by atoms with Crippen LogP contribution in [0.2, 0.25) is 10.0 Å². The van der Waals surface area contributed by atoms with Gasteiger partial charge in [0.1, 0.15) is 11.2 Å². The van der Waals surface area contributed by atoms with Crippen molar-refractivity contribution in [2.75, 3.05) is 0 Å². The summed E-state index contributed by atoms with van der Waals surface area (Å²) in [5.41, 5.74) is 1.55. The molecule has 2 heterocycles. The molecule has 1 N–H and O–H groups in total. The molecule has 8 heteroatoms. The lowest BCUT2D eigenvalue weighted by atomic mass is 10.1. The Morgan fingerprint density at radius 1 is 1.26 bits per heavy atom. The van der Waals surface area contributed by atoms with Crippen molar-refractivity contribution in [2.45, 2.75) is 0 Å². The van der Waals surface area contributed by atoms with E-state index in [1.165, 1.54) is 17.7 Å². The molecule has 0 saturated heterocycles. The van der Waals surface area contributed by atoms with Gasteiger partial charge in [0.2, 0.25) is 0 Å². The molecule has 0 amide bonds. The van der Waals surface area contributed by atoms with Crippen LogP contribution in [0.25, 0.3) is 22.0 Å². The molecule has 2 aromatic heterocycles. The van der Waals surface area contributed by atoms with E-state index in [0.29, 0.717) is 15.9 Å². The van der Waals surface area contributed by atoms with Crippen LogP contribution in [0, 0.1) is 0 Å². The molecule has 0 unspecified atom stereocenters. The Hall–Kier alpha value is -0.950. The lowest BCUT2D eigenvalue weighted by Crippen LogP contribution is -1.85. The summed E-state index contributed by atoms with van der Waals surface area (Å²) >= 11 is 17.0. The summed E-state index contributed by atoms with van der Waals surface area (Å²) in [6.45, 7) is 0. The molecular formula is C11H5BrCl2N4S. The third-order valence-corrected chi connectivity index (χ3v) is 4.48. The fourth-order valence-electron chi connectivity index (χ4n) is 1.63. The number of nitrogens with zero attached hydrogens (tertiary/aromatic N) is 3. The molecule has 0 spiro atoms. The van der Waals surface area contributed by atoms with Gasteiger partial charge in [-0.25, -0.2) is 9.97 Å². The largest absolute Gasteiger partial charge is 0.259 e. The molecule has 3 aromatic rings. The maximum atomic E-state index is 6.23. The average molecular weight is 376 g/mol. The van der Waals surface area contributed by atoms with Gasteiger partial charge in [-0.1, -0.05) is 23.2 Å². The minimum Gasteiger partial charge on any atom is -0.259 e. The van der Waals surface area contributed by atoms with Crippen LogP contribution in [0.5, 0.6) is 0 Å². The minimum absolute atomic E-state index is 0.547. The number of H-pyrrole nitrogens is 1. The van der Waals surface area contributed by atoms with Gasteiger partial charge in [0.15, 0.2) is 9.74 Å². The van der Waals surface area contributed by atoms with Gasteiger partial charge >= 0.3 is 0 Å². The van der Waals surface area contributed by atoms with Crippen LogP contribution in [0.3, 0.4) is 0 Å². The smallest absolute Gasteiger partial charge is 0.167 e. The molecule has 0 atom stereocenters. The highest BCUT2D eigenvalue weighted by molar-refractivity contribution is 9.11. The second kappa shape index (κ2) is 5.20. The van der Waals surface area contributed by atoms with Crippen LogP contribution in [-0.2, 0) is 0 Å². The number of aromatic amines is 1. The van der Waals surface area contributed by atoms with Gasteiger partial charge in [-0.15, -0.1) is 11.3 Å². The second-order valence-corrected chi connectivity index (χ2v) is 6.72. The minimum atomic E-state index is 0.547. The molecule has 96 valence electrons. The number of benzene rings is 1. The highest BCUT2D eigenvalue weighted by atomic mass is 79.9. The van der Waals surface area contributed by atoms with E-state index in [4.69, 9.17) is 23.2 Å². The van der Waals surface area contributed by atoms with Gasteiger partial charge < -0.3 is 0 Å². The Kier molecular flexibility index (Phi) is 3.58. The second-order valence-electron chi connectivity index (χ2n) is 3.60. The van der Waals surface area contributed by atoms with Crippen molar-refractivity contribution >= 4 is 50.5 Å². The monoisotopic (exact) mass is 374 g/mol. The summed E-state index contributed by atoms with van der Waals surface area (Å²) in [6, 6.07) is 5.31. The van der Waals surface area contributed by atoms with Crippen molar-refractivity contribution in [3.63, 3.8) is 0 Å². The number of hydrogen-bond acceptors (Lipinski definition) is 4. The average Bonchev–Trinajstić information content (AvgIpc) is 2.97. The van der Waals surface area contributed by atoms with Gasteiger partial charge in [-0.2, -0.15) is 5.10 Å². The van der Waals surface area contributed by atoms with Crippen LogP contribution in [0.15, 0.2) is 28.4 Å². The number of halogens is 3. The summed E-state index contributed by atoms with van der Waals surface area (Å²) < 4.78 is 0.750. The molecule has 3 rings (SSSR count). The van der Waals surface area contributed by atoms with E-state index in [9.17, 15) is 0 Å². The quantitative estimate of drug-likeness (QED) is 0.708. The van der Waals surface area contributed by atoms with Crippen LogP contribution >= 0.6 is 50.5 Å². The number of rotatable bonds is 2. The first-order valence-corrected chi connectivity index (χ1v) is 7.49. The van der Waals surface area contributed by atoms with Gasteiger partial charge in [-0.05, 0) is 34.1 Å². The first-order chi connectivity index (χ1) is 9.15. The topological polar surface area (TPSA) is 54.5 Å². The van der Waals surface area contributed by atoms with Gasteiger partial charge in [0.05, 0.1) is 10.7 Å². The maximum Gasteiger partial charge on any atom is 0.167 e. The molecule has 0 fully saturated rings. The summed E-state index contributed by atoms with van der Waals surface area (Å²) in [5.74, 6) is 0.657. The predicted molar refractivity (Wildman–Crippen MR) is 80.6 cm³/mol. The SMILES string of the molecule is Clc1ccc(-c2nc(Br)sc2-c2ncn[nH]2)c(Cl)c1. The van der Waals surface area contributed by atoms with Crippen molar-refractivity contribution in [3.05, 3.63) is 38.5 Å². The van der Waals surface area contributed by atoms with Crippen molar-refractivity contribution < 1.29 is 0 Å². The molecule has 0 aliphatic carbocycles. The Balaban J connectivity index is 2.20. The fourth-order valence-corrected chi connectivity index (χ4v) is 3.55. The molecule has 4 nitrogen and oxygen atoms in total. The van der Waals surface area contributed by atoms with Crippen molar-refractivity contribution in [2.24, 2.45) is 0 Å². The number of hydrogen-bond donors (Lipinski definition) is 1. The lowest BCUT2D eigenvalue weighted by Gasteiger charge is -2.03. The third kappa shape index (κ3) is 2.53. The van der Waals surface area contributed by atoms with Crippen LogP contribution in [0.1, 0.15) is 0 Å². The van der Waals surface area contributed by atoms with E-state index in [2.05, 4.69) is 36.1 Å². The summed E-state index contributed by atoms with van der Waals surface area (Å²) in [6.07, 6.45) is 1.45. The molecule has 0 bridgehead atoms. The Labute approximate surface area is 130 Å². The molecule has 0 aliphatic rings. The zero-order chi connectivity index (χ0) is 13.4. The number of nitrogens with one attached hydrogen (secondary N) is 1. The normalized spacial score (nSPS) is 10.9. The summed E-state index contributed by atoms with van der Waals surface area (Å²) in [5, 5.41) is 7.81. The van der Waals surface area contributed by atoms with Crippen molar-refractivity contribution in [1.29, 1.82) is 0 Å². The Morgan fingerprint density at radius 2 is 2.11 bits per heavy atom. The summed E-state index contributed by atoms with van der Waals surface area (Å²) in [7, 11) is 0. The molecule has 0 aliphatic heterocycles. The third-order valence-electron chi connectivity index (χ3n) is 2.42. The number of thiazole rings is 1. The van der Waals surface area contributed by atoms with E-state index in [1.54, 1.807) is 12.1 Å². The van der Waals surface area contributed by atoms with Crippen LogP contribution in [-0.4, -0.2) is 20.2 Å². The summed E-state index contributed by atoms with van der Waals surface area (Å²) in [4.78, 5) is 9.46. The van der Waals surface area contributed by atoms with E-state index < -0.39 is 0 Å².